The Morgan fingerprint density at radius 1 is 0.949 bits per heavy atom. The Hall–Kier alpha value is -3.86. The normalized spacial score (nSPS) is 22.8. The minimum absolute atomic E-state index is 0. The van der Waals surface area contributed by atoms with E-state index in [1.165, 1.54) is 4.90 Å². The first-order valence-corrected chi connectivity index (χ1v) is 13.5. The lowest BCUT2D eigenvalue weighted by Crippen LogP contribution is -2.72. The van der Waals surface area contributed by atoms with E-state index in [-0.39, 0.29) is 12.1 Å². The molecule has 0 spiro atoms. The molecule has 0 aliphatic carbocycles. The van der Waals surface area contributed by atoms with Crippen LogP contribution in [0.4, 0.5) is 0 Å². The lowest BCUT2D eigenvalue weighted by Gasteiger charge is -2.41. The molecule has 2 aliphatic rings. The molecule has 0 saturated carbocycles. The number of benzene rings is 3. The van der Waals surface area contributed by atoms with E-state index in [1.54, 1.807) is 38.1 Å². The lowest BCUT2D eigenvalue weighted by molar-refractivity contribution is -0.166. The predicted molar refractivity (Wildman–Crippen MR) is 145 cm³/mol. The third kappa shape index (κ3) is 5.36. The van der Waals surface area contributed by atoms with E-state index in [9.17, 15) is 18.9 Å². The minimum Gasteiger partial charge on any atom is -0.614 e. The summed E-state index contributed by atoms with van der Waals surface area (Å²) in [5.74, 6) is -1.11. The highest BCUT2D eigenvalue weighted by Crippen LogP contribution is 2.47. The Morgan fingerprint density at radius 3 is 2.00 bits per heavy atom. The van der Waals surface area contributed by atoms with Crippen LogP contribution in [0, 0.1) is 0 Å². The molecule has 0 radical (unpaired) electrons. The molecule has 3 aromatic rings. The molecule has 9 nitrogen and oxygen atoms in total. The molecule has 3 N–H and O–H groups in total. The van der Waals surface area contributed by atoms with Gasteiger partial charge in [0, 0.05) is 0 Å². The van der Waals surface area contributed by atoms with Crippen molar-refractivity contribution < 1.29 is 33.9 Å². The van der Waals surface area contributed by atoms with Crippen LogP contribution in [-0.2, 0) is 30.3 Å². The van der Waals surface area contributed by atoms with Gasteiger partial charge in [-0.1, -0.05) is 78.9 Å². The van der Waals surface area contributed by atoms with Gasteiger partial charge in [-0.3, -0.25) is 14.5 Å². The average Bonchev–Trinajstić information content (AvgIpc) is 3.13. The molecular formula is C29H30N2O7S. The molecule has 1 unspecified atom stereocenters. The highest BCUT2D eigenvalue weighted by molar-refractivity contribution is 7.94. The summed E-state index contributed by atoms with van der Waals surface area (Å²) in [5, 5.41) is 1.80. The number of carbonyl (C=O) groups excluding carboxylic acids is 3. The predicted octanol–water partition coefficient (Wildman–Crippen LogP) is 2.14. The van der Waals surface area contributed by atoms with Crippen LogP contribution in [0.2, 0.25) is 0 Å². The van der Waals surface area contributed by atoms with E-state index in [4.69, 9.17) is 9.47 Å². The number of nitrogens with one attached hydrogen (secondary N) is 1. The summed E-state index contributed by atoms with van der Waals surface area (Å²) in [5.41, 5.74) is 1.55. The lowest BCUT2D eigenvalue weighted by atomic mass is 9.95. The molecule has 2 saturated heterocycles. The first-order valence-electron chi connectivity index (χ1n) is 12.3. The first-order chi connectivity index (χ1) is 18.3. The van der Waals surface area contributed by atoms with Crippen molar-refractivity contribution >= 4 is 29.0 Å². The summed E-state index contributed by atoms with van der Waals surface area (Å²) in [6.45, 7) is 3.06. The van der Waals surface area contributed by atoms with Crippen LogP contribution in [0.1, 0.15) is 31.1 Å². The Bertz CT molecular complexity index is 1270. The van der Waals surface area contributed by atoms with Crippen LogP contribution >= 0.6 is 0 Å². The van der Waals surface area contributed by atoms with Crippen molar-refractivity contribution in [1.82, 2.24) is 10.2 Å². The molecule has 2 heterocycles. The molecule has 204 valence electrons. The van der Waals surface area contributed by atoms with Gasteiger partial charge in [0.05, 0.1) is 0 Å². The molecule has 2 aliphatic heterocycles. The number of hydrogen-bond acceptors (Lipinski definition) is 6. The number of rotatable bonds is 8. The number of amides is 2. The van der Waals surface area contributed by atoms with Gasteiger partial charge in [0.2, 0.25) is 5.37 Å². The minimum atomic E-state index is -1.63. The Labute approximate surface area is 229 Å². The summed E-state index contributed by atoms with van der Waals surface area (Å²) in [4.78, 5) is 40.6. The largest absolute Gasteiger partial charge is 0.614 e. The van der Waals surface area contributed by atoms with Gasteiger partial charge in [-0.2, -0.15) is 0 Å². The fourth-order valence-electron chi connectivity index (χ4n) is 4.92. The van der Waals surface area contributed by atoms with Gasteiger partial charge in [0.15, 0.2) is 29.5 Å². The zero-order chi connectivity index (χ0) is 26.9. The number of nitrogens with zero attached hydrogens (tertiary/aromatic N) is 1. The smallest absolute Gasteiger partial charge is 0.335 e. The molecule has 2 amide bonds. The van der Waals surface area contributed by atoms with Crippen molar-refractivity contribution in [3.8, 4) is 5.75 Å². The van der Waals surface area contributed by atoms with Crippen LogP contribution < -0.4 is 10.1 Å². The van der Waals surface area contributed by atoms with Gasteiger partial charge in [-0.05, 0) is 48.3 Å². The Balaban J connectivity index is 0.00000353. The highest BCUT2D eigenvalue weighted by Gasteiger charge is 2.73. The third-order valence-electron chi connectivity index (χ3n) is 6.85. The number of fused-ring (bicyclic) bond motifs is 1. The van der Waals surface area contributed by atoms with E-state index >= 15 is 0 Å². The van der Waals surface area contributed by atoms with Crippen molar-refractivity contribution in [1.29, 1.82) is 0 Å². The van der Waals surface area contributed by atoms with Crippen molar-refractivity contribution in [2.45, 2.75) is 42.2 Å². The Morgan fingerprint density at radius 2 is 1.46 bits per heavy atom. The van der Waals surface area contributed by atoms with Gasteiger partial charge < -0.3 is 24.8 Å². The Kier molecular flexibility index (Phi) is 8.29. The summed E-state index contributed by atoms with van der Waals surface area (Å²) < 4.78 is 23.9. The fourth-order valence-corrected chi connectivity index (χ4v) is 6.84. The van der Waals surface area contributed by atoms with E-state index < -0.39 is 57.3 Å². The molecule has 5 rings (SSSR count). The zero-order valence-electron chi connectivity index (χ0n) is 21.5. The SMILES string of the molecule is CC1(C)C(C(=O)OC(c2ccccc2)c2ccccc2)N2C(=O)[C@@H](NC(=O)COc3ccccc3)[C@H]2[S@@+]1[O-].O. The molecular weight excluding hydrogens is 520 g/mol. The standard InChI is InChI=1S/C29H28N2O6S.H2O/c1-29(2)25(28(34)37-24(19-12-6-3-7-13-19)20-14-8-4-9-15-20)31-26(33)23(27(31)38(29)35)30-22(32)18-36-21-16-10-5-11-17-21;/h3-17,23-25,27H,18H2,1-2H3,(H,30,32);1H2/t23-,25?,27-,38-;/m1./s1. The van der Waals surface area contributed by atoms with Crippen LogP contribution in [-0.4, -0.2) is 61.5 Å². The number of hydrogen-bond donors (Lipinski definition) is 1. The molecule has 0 bridgehead atoms. The van der Waals surface area contributed by atoms with Crippen molar-refractivity contribution in [3.63, 3.8) is 0 Å². The maximum Gasteiger partial charge on any atom is 0.335 e. The van der Waals surface area contributed by atoms with Crippen molar-refractivity contribution in [3.05, 3.63) is 102 Å². The third-order valence-corrected chi connectivity index (χ3v) is 9.04. The summed E-state index contributed by atoms with van der Waals surface area (Å²) in [6, 6.07) is 25.4. The van der Waals surface area contributed by atoms with E-state index in [2.05, 4.69) is 5.32 Å². The second-order valence-electron chi connectivity index (χ2n) is 9.72. The number of ether oxygens (including phenoxy) is 2. The van der Waals surface area contributed by atoms with E-state index in [1.807, 2.05) is 66.7 Å². The molecule has 3 aromatic carbocycles. The number of β-lactam (4-membered cyclic amide) rings is 1. The quantitative estimate of drug-likeness (QED) is 0.259. The summed E-state index contributed by atoms with van der Waals surface area (Å²) in [6.07, 6.45) is -0.699. The maximum atomic E-state index is 13.6. The van der Waals surface area contributed by atoms with Gasteiger partial charge >= 0.3 is 5.97 Å². The molecule has 2 fully saturated rings. The molecule has 10 heteroatoms. The van der Waals surface area contributed by atoms with Crippen LogP contribution in [0.25, 0.3) is 0 Å². The maximum absolute atomic E-state index is 13.6. The summed E-state index contributed by atoms with van der Waals surface area (Å²) >= 11 is -1.63. The van der Waals surface area contributed by atoms with Crippen molar-refractivity contribution in [2.75, 3.05) is 6.61 Å². The van der Waals surface area contributed by atoms with Gasteiger partial charge in [0.25, 0.3) is 11.8 Å². The second-order valence-corrected chi connectivity index (χ2v) is 11.9. The zero-order valence-corrected chi connectivity index (χ0v) is 22.3. The second kappa shape index (κ2) is 11.5. The average molecular weight is 551 g/mol. The highest BCUT2D eigenvalue weighted by atomic mass is 32.2. The molecule has 39 heavy (non-hydrogen) atoms. The van der Waals surface area contributed by atoms with E-state index in [0.29, 0.717) is 5.75 Å². The van der Waals surface area contributed by atoms with Gasteiger partial charge in [-0.15, -0.1) is 0 Å². The number of esters is 1. The topological polar surface area (TPSA) is 140 Å². The van der Waals surface area contributed by atoms with Crippen LogP contribution in [0.3, 0.4) is 0 Å². The first kappa shape index (κ1) is 28.2. The summed E-state index contributed by atoms with van der Waals surface area (Å²) in [7, 11) is 0. The van der Waals surface area contributed by atoms with Crippen LogP contribution in [0.15, 0.2) is 91.0 Å². The van der Waals surface area contributed by atoms with Gasteiger partial charge in [0.1, 0.15) is 5.75 Å². The van der Waals surface area contributed by atoms with Gasteiger partial charge in [-0.25, -0.2) is 4.79 Å². The monoisotopic (exact) mass is 550 g/mol. The van der Waals surface area contributed by atoms with Crippen molar-refractivity contribution in [2.24, 2.45) is 0 Å². The fraction of sp³-hybridized carbons (Fsp3) is 0.276. The number of carbonyl (C=O) groups is 3. The van der Waals surface area contributed by atoms with E-state index in [0.717, 1.165) is 11.1 Å². The van der Waals surface area contributed by atoms with Crippen LogP contribution in [0.5, 0.6) is 5.75 Å². The molecule has 4 atom stereocenters. The molecule has 0 aromatic heterocycles. The number of para-hydroxylation sites is 1.